The second-order valence-electron chi connectivity index (χ2n) is 6.45. The number of likely N-dealkylation sites (N-methyl/N-ethyl adjacent to an activating group) is 1. The molecule has 2 fully saturated rings. The van der Waals surface area contributed by atoms with Crippen LogP contribution >= 0.6 is 0 Å². The molecular formula is C14H29N3. The maximum atomic E-state index is 6.29. The number of piperazine rings is 1. The van der Waals surface area contributed by atoms with Gasteiger partial charge in [0.2, 0.25) is 0 Å². The number of hydrogen-bond acceptors (Lipinski definition) is 3. The van der Waals surface area contributed by atoms with Crippen molar-refractivity contribution in [3.05, 3.63) is 0 Å². The molecule has 0 aromatic rings. The molecule has 3 nitrogen and oxygen atoms in total. The first kappa shape index (κ1) is 13.3. The average molecular weight is 239 g/mol. The summed E-state index contributed by atoms with van der Waals surface area (Å²) in [6.45, 7) is 9.59. The molecule has 0 spiro atoms. The van der Waals surface area contributed by atoms with E-state index in [9.17, 15) is 0 Å². The van der Waals surface area contributed by atoms with Gasteiger partial charge in [0.05, 0.1) is 0 Å². The van der Waals surface area contributed by atoms with Gasteiger partial charge < -0.3 is 10.6 Å². The van der Waals surface area contributed by atoms with Crippen molar-refractivity contribution in [3.8, 4) is 0 Å². The van der Waals surface area contributed by atoms with E-state index in [-0.39, 0.29) is 0 Å². The molecule has 1 saturated heterocycles. The monoisotopic (exact) mass is 239 g/mol. The van der Waals surface area contributed by atoms with Gasteiger partial charge in [-0.3, -0.25) is 4.90 Å². The van der Waals surface area contributed by atoms with E-state index in [1.54, 1.807) is 0 Å². The number of nitrogens with zero attached hydrogens (tertiary/aromatic N) is 2. The summed E-state index contributed by atoms with van der Waals surface area (Å²) in [6.07, 6.45) is 3.89. The zero-order chi connectivity index (χ0) is 12.4. The Hall–Kier alpha value is -0.120. The van der Waals surface area contributed by atoms with Crippen LogP contribution in [0.4, 0.5) is 0 Å². The second kappa shape index (κ2) is 5.68. The Labute approximate surface area is 106 Å². The normalized spacial score (nSPS) is 41.6. The molecule has 4 atom stereocenters. The molecule has 1 aliphatic carbocycles. The Morgan fingerprint density at radius 3 is 2.65 bits per heavy atom. The lowest BCUT2D eigenvalue weighted by atomic mass is 9.79. The van der Waals surface area contributed by atoms with Crippen LogP contribution in [0.1, 0.15) is 33.1 Å². The summed E-state index contributed by atoms with van der Waals surface area (Å²) in [6, 6.07) is 1.14. The Kier molecular flexibility index (Phi) is 4.45. The predicted octanol–water partition coefficient (Wildman–Crippen LogP) is 1.39. The minimum atomic E-state index is 0.443. The van der Waals surface area contributed by atoms with Crippen molar-refractivity contribution in [1.82, 2.24) is 9.80 Å². The number of nitrogens with two attached hydrogens (primary N) is 1. The van der Waals surface area contributed by atoms with Gasteiger partial charge in [-0.2, -0.15) is 0 Å². The molecule has 4 unspecified atom stereocenters. The van der Waals surface area contributed by atoms with Gasteiger partial charge in [-0.15, -0.1) is 0 Å². The SMILES string of the molecule is CC1CCC(N)C(CN2CCN(C)CC2C)C1. The van der Waals surface area contributed by atoms with Crippen molar-refractivity contribution < 1.29 is 0 Å². The minimum absolute atomic E-state index is 0.443. The van der Waals surface area contributed by atoms with Crippen LogP contribution in [0, 0.1) is 11.8 Å². The smallest absolute Gasteiger partial charge is 0.0195 e. The summed E-state index contributed by atoms with van der Waals surface area (Å²) in [5.41, 5.74) is 6.29. The fourth-order valence-electron chi connectivity index (χ4n) is 3.48. The van der Waals surface area contributed by atoms with Gasteiger partial charge in [-0.05, 0) is 45.1 Å². The standard InChI is InChI=1S/C14H29N3/c1-11-4-5-14(15)13(8-11)10-17-7-6-16(3)9-12(17)2/h11-14H,4-10,15H2,1-3H3. The van der Waals surface area contributed by atoms with E-state index in [0.717, 1.165) is 11.8 Å². The van der Waals surface area contributed by atoms with Crippen molar-refractivity contribution in [1.29, 1.82) is 0 Å². The molecule has 0 bridgehead atoms. The lowest BCUT2D eigenvalue weighted by molar-refractivity contribution is 0.0679. The molecule has 1 heterocycles. The van der Waals surface area contributed by atoms with E-state index in [4.69, 9.17) is 5.73 Å². The van der Waals surface area contributed by atoms with E-state index < -0.39 is 0 Å². The number of rotatable bonds is 2. The van der Waals surface area contributed by atoms with Crippen LogP contribution < -0.4 is 5.73 Å². The molecule has 2 N–H and O–H groups in total. The van der Waals surface area contributed by atoms with Crippen molar-refractivity contribution in [3.63, 3.8) is 0 Å². The van der Waals surface area contributed by atoms with Gasteiger partial charge in [0.25, 0.3) is 0 Å². The number of hydrogen-bond donors (Lipinski definition) is 1. The molecule has 1 saturated carbocycles. The molecule has 17 heavy (non-hydrogen) atoms. The molecule has 2 aliphatic rings. The van der Waals surface area contributed by atoms with Crippen LogP contribution in [-0.4, -0.2) is 55.1 Å². The van der Waals surface area contributed by atoms with Crippen molar-refractivity contribution in [2.75, 3.05) is 33.2 Å². The zero-order valence-electron chi connectivity index (χ0n) is 11.7. The van der Waals surface area contributed by atoms with Gasteiger partial charge in [0.1, 0.15) is 0 Å². The van der Waals surface area contributed by atoms with Gasteiger partial charge in [-0.25, -0.2) is 0 Å². The fraction of sp³-hybridized carbons (Fsp3) is 1.00. The lowest BCUT2D eigenvalue weighted by Crippen LogP contribution is -2.53. The molecule has 100 valence electrons. The van der Waals surface area contributed by atoms with E-state index >= 15 is 0 Å². The molecule has 0 aromatic carbocycles. The van der Waals surface area contributed by atoms with Crippen LogP contribution in [0.15, 0.2) is 0 Å². The summed E-state index contributed by atoms with van der Waals surface area (Å²) in [5.74, 6) is 1.60. The third-order valence-corrected chi connectivity index (χ3v) is 4.74. The third-order valence-electron chi connectivity index (χ3n) is 4.74. The second-order valence-corrected chi connectivity index (χ2v) is 6.45. The summed E-state index contributed by atoms with van der Waals surface area (Å²) in [7, 11) is 2.22. The van der Waals surface area contributed by atoms with E-state index in [1.165, 1.54) is 45.4 Å². The van der Waals surface area contributed by atoms with E-state index in [0.29, 0.717) is 12.1 Å². The average Bonchev–Trinajstić information content (AvgIpc) is 2.27. The highest BCUT2D eigenvalue weighted by Crippen LogP contribution is 2.29. The van der Waals surface area contributed by atoms with Gasteiger partial charge in [0, 0.05) is 38.3 Å². The predicted molar refractivity (Wildman–Crippen MR) is 73.0 cm³/mol. The highest BCUT2D eigenvalue weighted by Gasteiger charge is 2.30. The summed E-state index contributed by atoms with van der Waals surface area (Å²) in [5, 5.41) is 0. The van der Waals surface area contributed by atoms with Crippen LogP contribution in [0.3, 0.4) is 0 Å². The Morgan fingerprint density at radius 2 is 1.94 bits per heavy atom. The van der Waals surface area contributed by atoms with E-state index in [1.807, 2.05) is 0 Å². The molecule has 0 radical (unpaired) electrons. The summed E-state index contributed by atoms with van der Waals surface area (Å²) < 4.78 is 0. The van der Waals surface area contributed by atoms with Crippen molar-refractivity contribution in [2.24, 2.45) is 17.6 Å². The highest BCUT2D eigenvalue weighted by atomic mass is 15.3. The van der Waals surface area contributed by atoms with Gasteiger partial charge in [0.15, 0.2) is 0 Å². The molecule has 2 rings (SSSR count). The van der Waals surface area contributed by atoms with Crippen LogP contribution in [-0.2, 0) is 0 Å². The summed E-state index contributed by atoms with van der Waals surface area (Å²) in [4.78, 5) is 5.09. The molecule has 3 heteroatoms. The lowest BCUT2D eigenvalue weighted by Gasteiger charge is -2.42. The van der Waals surface area contributed by atoms with Crippen molar-refractivity contribution in [2.45, 2.75) is 45.2 Å². The molecule has 0 amide bonds. The molecule has 1 aliphatic heterocycles. The minimum Gasteiger partial charge on any atom is -0.327 e. The Morgan fingerprint density at radius 1 is 1.18 bits per heavy atom. The van der Waals surface area contributed by atoms with Crippen LogP contribution in [0.5, 0.6) is 0 Å². The third kappa shape index (κ3) is 3.43. The maximum absolute atomic E-state index is 6.29. The first-order valence-corrected chi connectivity index (χ1v) is 7.24. The first-order chi connectivity index (χ1) is 8.06. The molecular weight excluding hydrogens is 210 g/mol. The van der Waals surface area contributed by atoms with Crippen LogP contribution in [0.2, 0.25) is 0 Å². The highest BCUT2D eigenvalue weighted by molar-refractivity contribution is 4.86. The first-order valence-electron chi connectivity index (χ1n) is 7.24. The fourth-order valence-corrected chi connectivity index (χ4v) is 3.48. The maximum Gasteiger partial charge on any atom is 0.0195 e. The zero-order valence-corrected chi connectivity index (χ0v) is 11.7. The summed E-state index contributed by atoms with van der Waals surface area (Å²) >= 11 is 0. The van der Waals surface area contributed by atoms with Gasteiger partial charge >= 0.3 is 0 Å². The van der Waals surface area contributed by atoms with Crippen molar-refractivity contribution >= 4 is 0 Å². The quantitative estimate of drug-likeness (QED) is 0.790. The van der Waals surface area contributed by atoms with Gasteiger partial charge in [-0.1, -0.05) is 6.92 Å². The van der Waals surface area contributed by atoms with E-state index in [2.05, 4.69) is 30.7 Å². The largest absolute Gasteiger partial charge is 0.327 e. The van der Waals surface area contributed by atoms with Crippen LogP contribution in [0.25, 0.3) is 0 Å². The Bertz CT molecular complexity index is 244. The molecule has 0 aromatic heterocycles. The topological polar surface area (TPSA) is 32.5 Å². The Balaban J connectivity index is 1.86.